The van der Waals surface area contributed by atoms with Crippen molar-refractivity contribution < 1.29 is 41.8 Å². The highest BCUT2D eigenvalue weighted by molar-refractivity contribution is 6.09. The van der Waals surface area contributed by atoms with Crippen LogP contribution in [0.5, 0.6) is 5.75 Å². The zero-order valence-corrected chi connectivity index (χ0v) is 19.0. The second-order valence-corrected chi connectivity index (χ2v) is 9.54. The summed E-state index contributed by atoms with van der Waals surface area (Å²) in [5.74, 6) is -2.45. The number of ether oxygens (including phenoxy) is 2. The van der Waals surface area contributed by atoms with E-state index < -0.39 is 54.6 Å². The number of carbonyl (C=O) groups excluding carboxylic acids is 4. The second-order valence-electron chi connectivity index (χ2n) is 9.54. The highest BCUT2D eigenvalue weighted by atomic mass is 19.4. The van der Waals surface area contributed by atoms with Gasteiger partial charge in [-0.05, 0) is 54.9 Å². The molecule has 1 aromatic rings. The molecule has 2 atom stereocenters. The molecule has 1 heterocycles. The third kappa shape index (κ3) is 6.17. The minimum atomic E-state index is -4.84. The molecule has 0 radical (unpaired) electrons. The lowest BCUT2D eigenvalue weighted by Crippen LogP contribution is -2.54. The number of alkyl halides is 3. The Morgan fingerprint density at radius 1 is 1.18 bits per heavy atom. The van der Waals surface area contributed by atoms with Crippen LogP contribution in [0.25, 0.3) is 0 Å². The van der Waals surface area contributed by atoms with Crippen molar-refractivity contribution in [1.82, 2.24) is 10.2 Å². The summed E-state index contributed by atoms with van der Waals surface area (Å²) in [6.07, 6.45) is -3.00. The van der Waals surface area contributed by atoms with Crippen molar-refractivity contribution in [1.29, 1.82) is 0 Å². The van der Waals surface area contributed by atoms with Gasteiger partial charge in [-0.15, -0.1) is 13.2 Å². The Bertz CT molecular complexity index is 979. The number of amides is 4. The lowest BCUT2D eigenvalue weighted by molar-refractivity contribution is -0.274. The number of imide groups is 1. The van der Waals surface area contributed by atoms with E-state index >= 15 is 0 Å². The van der Waals surface area contributed by atoms with E-state index in [-0.39, 0.29) is 17.0 Å². The van der Waals surface area contributed by atoms with Gasteiger partial charge in [0.05, 0.1) is 0 Å². The summed E-state index contributed by atoms with van der Waals surface area (Å²) in [7, 11) is 0. The second kappa shape index (κ2) is 9.15. The number of nitrogens with one attached hydrogen (secondary N) is 2. The first-order chi connectivity index (χ1) is 15.7. The lowest BCUT2D eigenvalue weighted by atomic mass is 9.64. The maximum atomic E-state index is 13.0. The molecular weight excluding hydrogens is 459 g/mol. The van der Waals surface area contributed by atoms with E-state index in [1.807, 2.05) is 20.8 Å². The minimum absolute atomic E-state index is 0.153. The third-order valence-corrected chi connectivity index (χ3v) is 5.65. The molecule has 2 N–H and O–H groups in total. The van der Waals surface area contributed by atoms with Crippen LogP contribution >= 0.6 is 0 Å². The van der Waals surface area contributed by atoms with Crippen molar-refractivity contribution in [3.05, 3.63) is 24.3 Å². The summed E-state index contributed by atoms with van der Waals surface area (Å²) in [5, 5.41) is 5.09. The molecule has 1 aromatic carbocycles. The van der Waals surface area contributed by atoms with Gasteiger partial charge in [0.25, 0.3) is 11.8 Å². The molecule has 3 rings (SSSR count). The third-order valence-electron chi connectivity index (χ3n) is 5.65. The molecule has 2 aliphatic rings. The Morgan fingerprint density at radius 3 is 2.41 bits per heavy atom. The monoisotopic (exact) mass is 485 g/mol. The molecule has 12 heteroatoms. The quantitative estimate of drug-likeness (QED) is 0.473. The fraction of sp³-hybridized carbons (Fsp3) is 0.545. The summed E-state index contributed by atoms with van der Waals surface area (Å²) in [6.45, 7) is 4.71. The fourth-order valence-corrected chi connectivity index (χ4v) is 4.91. The average Bonchev–Trinajstić information content (AvgIpc) is 2.88. The van der Waals surface area contributed by atoms with Gasteiger partial charge in [0, 0.05) is 5.69 Å². The van der Waals surface area contributed by atoms with Crippen LogP contribution in [0, 0.1) is 11.3 Å². The number of hydrogen-bond acceptors (Lipinski definition) is 6. The van der Waals surface area contributed by atoms with Crippen LogP contribution in [0.2, 0.25) is 0 Å². The Balaban J connectivity index is 1.50. The van der Waals surface area contributed by atoms with Gasteiger partial charge in [-0.2, -0.15) is 0 Å². The van der Waals surface area contributed by atoms with Crippen LogP contribution in [0.3, 0.4) is 0 Å². The van der Waals surface area contributed by atoms with Crippen molar-refractivity contribution in [2.45, 2.75) is 51.9 Å². The number of halogens is 3. The molecule has 2 unspecified atom stereocenters. The number of hydrogen-bond donors (Lipinski definition) is 2. The van der Waals surface area contributed by atoms with E-state index in [2.05, 4.69) is 15.4 Å². The Morgan fingerprint density at radius 2 is 1.82 bits per heavy atom. The maximum Gasteiger partial charge on any atom is 0.573 e. The SMILES string of the molecule is CC1CC(C)(C)CC2(C1)NC(=O)N(CC(=O)OCC(=O)Nc1ccc(OC(F)(F)F)cc1)C2=O. The van der Waals surface area contributed by atoms with E-state index in [1.165, 1.54) is 12.1 Å². The van der Waals surface area contributed by atoms with E-state index in [4.69, 9.17) is 4.74 Å². The van der Waals surface area contributed by atoms with Crippen LogP contribution in [-0.4, -0.2) is 53.8 Å². The number of benzene rings is 1. The van der Waals surface area contributed by atoms with Crippen molar-refractivity contribution in [2.75, 3.05) is 18.5 Å². The number of nitrogens with zero attached hydrogens (tertiary/aromatic N) is 1. The van der Waals surface area contributed by atoms with Crippen molar-refractivity contribution in [3.8, 4) is 5.75 Å². The number of carbonyl (C=O) groups is 4. The highest BCUT2D eigenvalue weighted by Gasteiger charge is 2.56. The van der Waals surface area contributed by atoms with E-state index in [0.29, 0.717) is 12.8 Å². The molecule has 4 amide bonds. The standard InChI is InChI=1S/C22H26F3N3O6/c1-13-8-20(2,3)12-21(9-13)18(31)28(19(32)27-21)10-17(30)33-11-16(29)26-14-4-6-15(7-5-14)34-22(23,24)25/h4-7,13H,8-12H2,1-3H3,(H,26,29)(H,27,32). The van der Waals surface area contributed by atoms with Gasteiger partial charge in [-0.1, -0.05) is 20.8 Å². The number of rotatable bonds is 6. The average molecular weight is 485 g/mol. The topological polar surface area (TPSA) is 114 Å². The Hall–Kier alpha value is -3.31. The molecule has 1 spiro atoms. The molecule has 2 fully saturated rings. The predicted octanol–water partition coefficient (Wildman–Crippen LogP) is 3.20. The summed E-state index contributed by atoms with van der Waals surface area (Å²) < 4.78 is 45.2. The summed E-state index contributed by atoms with van der Waals surface area (Å²) in [5.41, 5.74) is -1.06. The van der Waals surface area contributed by atoms with E-state index in [9.17, 15) is 32.3 Å². The first kappa shape index (κ1) is 25.3. The predicted molar refractivity (Wildman–Crippen MR) is 112 cm³/mol. The van der Waals surface area contributed by atoms with E-state index in [0.717, 1.165) is 23.5 Å². The Labute approximate surface area is 193 Å². The molecule has 0 aromatic heterocycles. The number of esters is 1. The summed E-state index contributed by atoms with van der Waals surface area (Å²) >= 11 is 0. The summed E-state index contributed by atoms with van der Waals surface area (Å²) in [6, 6.07) is 3.70. The molecule has 1 aliphatic heterocycles. The van der Waals surface area contributed by atoms with Crippen molar-refractivity contribution >= 4 is 29.5 Å². The molecule has 186 valence electrons. The molecule has 0 bridgehead atoms. The van der Waals surface area contributed by atoms with Crippen LogP contribution in [0.1, 0.15) is 40.0 Å². The van der Waals surface area contributed by atoms with Gasteiger partial charge in [-0.3, -0.25) is 19.3 Å². The summed E-state index contributed by atoms with van der Waals surface area (Å²) in [4.78, 5) is 50.4. The zero-order chi connectivity index (χ0) is 25.3. The molecule has 9 nitrogen and oxygen atoms in total. The minimum Gasteiger partial charge on any atom is -0.454 e. The highest BCUT2D eigenvalue weighted by Crippen LogP contribution is 2.46. The number of anilines is 1. The van der Waals surface area contributed by atoms with Crippen LogP contribution in [0.15, 0.2) is 24.3 Å². The van der Waals surface area contributed by atoms with Crippen molar-refractivity contribution in [2.24, 2.45) is 11.3 Å². The molecule has 1 saturated heterocycles. The van der Waals surface area contributed by atoms with Gasteiger partial charge in [0.2, 0.25) is 0 Å². The first-order valence-corrected chi connectivity index (χ1v) is 10.6. The number of urea groups is 1. The molecular formula is C22H26F3N3O6. The van der Waals surface area contributed by atoms with Gasteiger partial charge < -0.3 is 20.1 Å². The molecule has 1 saturated carbocycles. The normalized spacial score (nSPS) is 24.1. The van der Waals surface area contributed by atoms with Gasteiger partial charge >= 0.3 is 18.4 Å². The zero-order valence-electron chi connectivity index (χ0n) is 19.0. The van der Waals surface area contributed by atoms with E-state index in [1.54, 1.807) is 0 Å². The van der Waals surface area contributed by atoms with Crippen LogP contribution < -0.4 is 15.4 Å². The smallest absolute Gasteiger partial charge is 0.454 e. The van der Waals surface area contributed by atoms with Crippen LogP contribution in [-0.2, 0) is 19.1 Å². The maximum absolute atomic E-state index is 13.0. The largest absolute Gasteiger partial charge is 0.573 e. The van der Waals surface area contributed by atoms with Gasteiger partial charge in [0.15, 0.2) is 6.61 Å². The van der Waals surface area contributed by atoms with Crippen molar-refractivity contribution in [3.63, 3.8) is 0 Å². The molecule has 1 aliphatic carbocycles. The lowest BCUT2D eigenvalue weighted by Gasteiger charge is -2.43. The van der Waals surface area contributed by atoms with Gasteiger partial charge in [-0.25, -0.2) is 4.79 Å². The van der Waals surface area contributed by atoms with Crippen LogP contribution in [0.4, 0.5) is 23.7 Å². The fourth-order valence-electron chi connectivity index (χ4n) is 4.91. The van der Waals surface area contributed by atoms with Gasteiger partial charge in [0.1, 0.15) is 17.8 Å². The molecule has 34 heavy (non-hydrogen) atoms. The first-order valence-electron chi connectivity index (χ1n) is 10.6. The Kier molecular flexibility index (Phi) is 6.81.